The van der Waals surface area contributed by atoms with Crippen molar-refractivity contribution in [1.29, 1.82) is 0 Å². The zero-order chi connectivity index (χ0) is 30.9. The maximum Gasteiger partial charge on any atom is 0.248 e. The summed E-state index contributed by atoms with van der Waals surface area (Å²) in [4.78, 5) is 48.9. The van der Waals surface area contributed by atoms with Crippen LogP contribution in [0.5, 0.6) is 0 Å². The van der Waals surface area contributed by atoms with E-state index in [4.69, 9.17) is 4.74 Å². The van der Waals surface area contributed by atoms with Crippen molar-refractivity contribution in [3.63, 3.8) is 0 Å². The van der Waals surface area contributed by atoms with Gasteiger partial charge in [0.05, 0.1) is 30.6 Å². The molecule has 1 N–H and O–H groups in total. The molecule has 234 valence electrons. The van der Waals surface area contributed by atoms with E-state index in [9.17, 15) is 19.5 Å². The van der Waals surface area contributed by atoms with Gasteiger partial charge in [-0.05, 0) is 30.7 Å². The van der Waals surface area contributed by atoms with Crippen LogP contribution >= 0.6 is 15.9 Å². The Labute approximate surface area is 264 Å². The molecule has 4 aliphatic rings. The van der Waals surface area contributed by atoms with Crippen LogP contribution in [0.1, 0.15) is 57.9 Å². The molecule has 1 aliphatic carbocycles. The van der Waals surface area contributed by atoms with E-state index >= 15 is 0 Å². The van der Waals surface area contributed by atoms with Gasteiger partial charge >= 0.3 is 0 Å². The summed E-state index contributed by atoms with van der Waals surface area (Å²) in [5.41, 5.74) is -0.192. The molecule has 3 unspecified atom stereocenters. The first-order chi connectivity index (χ1) is 20.7. The van der Waals surface area contributed by atoms with Crippen molar-refractivity contribution in [2.45, 2.75) is 93.6 Å². The summed E-state index contributed by atoms with van der Waals surface area (Å²) in [7, 11) is 0. The minimum Gasteiger partial charge on any atom is -0.394 e. The second kappa shape index (κ2) is 13.2. The first-order valence-electron chi connectivity index (χ1n) is 15.8. The van der Waals surface area contributed by atoms with Gasteiger partial charge in [-0.15, -0.1) is 13.2 Å². The van der Waals surface area contributed by atoms with Crippen LogP contribution in [0.4, 0.5) is 0 Å². The van der Waals surface area contributed by atoms with Gasteiger partial charge in [-0.1, -0.05) is 91.5 Å². The van der Waals surface area contributed by atoms with E-state index in [1.54, 1.807) is 22.0 Å². The van der Waals surface area contributed by atoms with Crippen LogP contribution in [-0.4, -0.2) is 91.9 Å². The molecule has 0 aromatic heterocycles. The number of benzene rings is 1. The van der Waals surface area contributed by atoms with E-state index in [1.807, 2.05) is 49.1 Å². The van der Waals surface area contributed by atoms with Crippen molar-refractivity contribution in [3.8, 4) is 0 Å². The Balaban J connectivity index is 1.57. The Morgan fingerprint density at radius 2 is 1.79 bits per heavy atom. The fourth-order valence-corrected chi connectivity index (χ4v) is 9.06. The summed E-state index contributed by atoms with van der Waals surface area (Å²) in [6.45, 7) is 12.5. The minimum absolute atomic E-state index is 0.0584. The lowest BCUT2D eigenvalue weighted by atomic mass is 9.70. The molecule has 9 heteroatoms. The molecule has 2 bridgehead atoms. The Kier molecular flexibility index (Phi) is 9.83. The molecular formula is C34H46BrN3O5. The van der Waals surface area contributed by atoms with Gasteiger partial charge in [0.15, 0.2) is 0 Å². The van der Waals surface area contributed by atoms with Crippen molar-refractivity contribution in [3.05, 3.63) is 61.2 Å². The van der Waals surface area contributed by atoms with Gasteiger partial charge in [0, 0.05) is 30.5 Å². The smallest absolute Gasteiger partial charge is 0.248 e. The van der Waals surface area contributed by atoms with Gasteiger partial charge < -0.3 is 24.5 Å². The maximum atomic E-state index is 14.8. The Bertz CT molecular complexity index is 1200. The third-order valence-corrected chi connectivity index (χ3v) is 10.9. The lowest BCUT2D eigenvalue weighted by Gasteiger charge is -2.43. The monoisotopic (exact) mass is 655 g/mol. The lowest BCUT2D eigenvalue weighted by Crippen LogP contribution is -2.61. The fourth-order valence-electron chi connectivity index (χ4n) is 8.12. The van der Waals surface area contributed by atoms with Crippen molar-refractivity contribution in [2.75, 3.05) is 19.7 Å². The molecule has 3 aliphatic heterocycles. The fraction of sp³-hybridized carbons (Fsp3) is 0.618. The average molecular weight is 657 g/mol. The number of likely N-dealkylation sites (tertiary alicyclic amines) is 1. The normalized spacial score (nSPS) is 30.8. The highest BCUT2D eigenvalue weighted by molar-refractivity contribution is 9.09. The number of aliphatic hydroxyl groups excluding tert-OH is 1. The van der Waals surface area contributed by atoms with E-state index in [0.29, 0.717) is 26.1 Å². The number of nitrogens with zero attached hydrogens (tertiary/aromatic N) is 3. The summed E-state index contributed by atoms with van der Waals surface area (Å²) in [5, 5.41) is 10.6. The SMILES string of the molecule is C=CCN(Cc1ccccc1)C(=O)[C@H]1[C@H]2C(=O)N([C@@H](CO)C(C)C)C(C(=O)N(CC=C)C3CCCCC3)C23CC(Br)[C@@H]1O3. The molecule has 1 aromatic carbocycles. The summed E-state index contributed by atoms with van der Waals surface area (Å²) >= 11 is 3.80. The summed E-state index contributed by atoms with van der Waals surface area (Å²) in [6, 6.07) is 8.30. The molecule has 1 saturated carbocycles. The second-order valence-corrected chi connectivity index (χ2v) is 14.1. The Hall–Kier alpha value is -2.49. The van der Waals surface area contributed by atoms with Crippen molar-refractivity contribution in [1.82, 2.24) is 14.7 Å². The Morgan fingerprint density at radius 3 is 2.40 bits per heavy atom. The predicted octanol–water partition coefficient (Wildman–Crippen LogP) is 4.31. The number of carbonyl (C=O) groups excluding carboxylic acids is 3. The van der Waals surface area contributed by atoms with E-state index in [1.165, 1.54) is 0 Å². The third kappa shape index (κ3) is 5.61. The molecule has 7 atom stereocenters. The van der Waals surface area contributed by atoms with E-state index < -0.39 is 35.6 Å². The van der Waals surface area contributed by atoms with Gasteiger partial charge in [0.25, 0.3) is 0 Å². The van der Waals surface area contributed by atoms with E-state index in [0.717, 1.165) is 37.7 Å². The zero-order valence-electron chi connectivity index (χ0n) is 25.4. The van der Waals surface area contributed by atoms with Gasteiger partial charge in [-0.25, -0.2) is 0 Å². The number of rotatable bonds is 12. The number of fused-ring (bicyclic) bond motifs is 1. The van der Waals surface area contributed by atoms with Crippen LogP contribution in [0, 0.1) is 17.8 Å². The lowest BCUT2D eigenvalue weighted by molar-refractivity contribution is -0.154. The maximum absolute atomic E-state index is 14.8. The van der Waals surface area contributed by atoms with Crippen LogP contribution in [0.25, 0.3) is 0 Å². The molecule has 3 saturated heterocycles. The summed E-state index contributed by atoms with van der Waals surface area (Å²) < 4.78 is 6.80. The average Bonchev–Trinajstić information content (AvgIpc) is 3.59. The van der Waals surface area contributed by atoms with Crippen molar-refractivity contribution in [2.24, 2.45) is 17.8 Å². The highest BCUT2D eigenvalue weighted by Crippen LogP contribution is 2.61. The van der Waals surface area contributed by atoms with Crippen LogP contribution in [0.3, 0.4) is 0 Å². The predicted molar refractivity (Wildman–Crippen MR) is 169 cm³/mol. The van der Waals surface area contributed by atoms with Gasteiger partial charge in [0.2, 0.25) is 17.7 Å². The highest BCUT2D eigenvalue weighted by Gasteiger charge is 2.77. The number of amides is 3. The van der Waals surface area contributed by atoms with Crippen molar-refractivity contribution >= 4 is 33.7 Å². The zero-order valence-corrected chi connectivity index (χ0v) is 27.0. The van der Waals surface area contributed by atoms with E-state index in [-0.39, 0.29) is 41.1 Å². The first kappa shape index (κ1) is 31.9. The quantitative estimate of drug-likeness (QED) is 0.268. The van der Waals surface area contributed by atoms with Crippen LogP contribution in [0.15, 0.2) is 55.6 Å². The number of ether oxygens (including phenoxy) is 1. The number of hydrogen-bond acceptors (Lipinski definition) is 5. The Morgan fingerprint density at radius 1 is 1.12 bits per heavy atom. The van der Waals surface area contributed by atoms with Gasteiger partial charge in [-0.2, -0.15) is 0 Å². The summed E-state index contributed by atoms with van der Waals surface area (Å²) in [5.74, 6) is -2.30. The molecule has 4 fully saturated rings. The topological polar surface area (TPSA) is 90.4 Å². The van der Waals surface area contributed by atoms with Gasteiger partial charge in [0.1, 0.15) is 11.6 Å². The molecule has 0 radical (unpaired) electrons. The van der Waals surface area contributed by atoms with Crippen LogP contribution in [-0.2, 0) is 25.7 Å². The van der Waals surface area contributed by atoms with Crippen LogP contribution in [0.2, 0.25) is 0 Å². The van der Waals surface area contributed by atoms with Crippen LogP contribution < -0.4 is 0 Å². The van der Waals surface area contributed by atoms with E-state index in [2.05, 4.69) is 29.1 Å². The first-order valence-corrected chi connectivity index (χ1v) is 16.7. The minimum atomic E-state index is -1.17. The molecule has 5 rings (SSSR count). The highest BCUT2D eigenvalue weighted by atomic mass is 79.9. The number of halogens is 1. The summed E-state index contributed by atoms with van der Waals surface area (Å²) in [6.07, 6.45) is 8.41. The van der Waals surface area contributed by atoms with Crippen molar-refractivity contribution < 1.29 is 24.2 Å². The third-order valence-electron chi connectivity index (χ3n) is 10.1. The number of alkyl halides is 1. The largest absolute Gasteiger partial charge is 0.394 e. The molecule has 43 heavy (non-hydrogen) atoms. The molecule has 3 heterocycles. The molecule has 3 amide bonds. The standard InChI is InChI=1S/C34H46BrN3O5/c1-5-17-36(20-23-13-9-7-10-14-23)31(40)27-28-32(41)38(26(21-39)22(3)4)30(34(28)19-25(35)29(27)43-34)33(42)37(18-6-2)24-15-11-8-12-16-24/h5-7,9-10,13-14,22,24-30,39H,1-2,8,11-12,15-21H2,3-4H3/t25?,26-,27-,28-,29-,30?,34?/m0/s1. The molecule has 1 aromatic rings. The second-order valence-electron chi connectivity index (χ2n) is 13.0. The van der Waals surface area contributed by atoms with Gasteiger partial charge in [-0.3, -0.25) is 14.4 Å². The molecule has 1 spiro atoms. The molecule has 8 nitrogen and oxygen atoms in total. The number of carbonyl (C=O) groups is 3. The number of hydrogen-bond donors (Lipinski definition) is 1. The number of aliphatic hydroxyl groups is 1. The molecular weight excluding hydrogens is 610 g/mol.